The lowest BCUT2D eigenvalue weighted by Gasteiger charge is -2.38. The summed E-state index contributed by atoms with van der Waals surface area (Å²) in [6.45, 7) is 2.47. The summed E-state index contributed by atoms with van der Waals surface area (Å²) in [6, 6.07) is -0.763. The number of hydrogen-bond acceptors (Lipinski definition) is 5. The number of piperazine rings is 1. The molecule has 0 N–H and O–H groups in total. The molecule has 0 spiro atoms. The Morgan fingerprint density at radius 1 is 1.10 bits per heavy atom. The van der Waals surface area contributed by atoms with Crippen molar-refractivity contribution in [2.75, 3.05) is 39.3 Å². The van der Waals surface area contributed by atoms with Crippen LogP contribution in [0.4, 0.5) is 13.6 Å². The van der Waals surface area contributed by atoms with Crippen molar-refractivity contribution in [3.05, 3.63) is 35.1 Å². The number of nitrogens with zero attached hydrogens (tertiary/aromatic N) is 4. The number of rotatable bonds is 3. The van der Waals surface area contributed by atoms with Crippen molar-refractivity contribution in [1.29, 1.82) is 0 Å². The Morgan fingerprint density at radius 2 is 1.87 bits per heavy atom. The predicted octanol–water partition coefficient (Wildman–Crippen LogP) is 2.92. The first kappa shape index (κ1) is 20.2. The van der Waals surface area contributed by atoms with Crippen LogP contribution in [0.3, 0.4) is 0 Å². The van der Waals surface area contributed by atoms with Gasteiger partial charge in [-0.15, -0.1) is 0 Å². The number of carbonyl (C=O) groups excluding carboxylic acids is 2. The van der Waals surface area contributed by atoms with Crippen molar-refractivity contribution >= 4 is 17.8 Å². The number of amides is 2. The van der Waals surface area contributed by atoms with E-state index < -0.39 is 35.3 Å². The molecule has 3 aliphatic heterocycles. The van der Waals surface area contributed by atoms with Crippen LogP contribution in [0.2, 0.25) is 0 Å². The second-order valence-corrected chi connectivity index (χ2v) is 8.68. The van der Waals surface area contributed by atoms with E-state index in [-0.39, 0.29) is 19.6 Å². The zero-order valence-corrected chi connectivity index (χ0v) is 17.4. The van der Waals surface area contributed by atoms with Crippen LogP contribution in [0.25, 0.3) is 0 Å². The SMILES string of the molecule is O=C(C1=C(F)CC(N2CCOC2=O)C=C1F)N1CCN(C2=NC=C(C3CC3)CC2)CC1. The van der Waals surface area contributed by atoms with E-state index in [1.54, 1.807) is 0 Å². The molecule has 0 aromatic rings. The van der Waals surface area contributed by atoms with Crippen molar-refractivity contribution in [2.45, 2.75) is 38.1 Å². The Labute approximate surface area is 179 Å². The molecular weight excluding hydrogens is 406 g/mol. The highest BCUT2D eigenvalue weighted by Gasteiger charge is 2.37. The molecule has 0 radical (unpaired) electrons. The van der Waals surface area contributed by atoms with Gasteiger partial charge in [0.25, 0.3) is 5.91 Å². The van der Waals surface area contributed by atoms with Crippen LogP contribution in [0.15, 0.2) is 40.1 Å². The third kappa shape index (κ3) is 3.97. The molecule has 166 valence electrons. The van der Waals surface area contributed by atoms with Crippen LogP contribution in [0.5, 0.6) is 0 Å². The van der Waals surface area contributed by atoms with Crippen molar-refractivity contribution in [3.63, 3.8) is 0 Å². The molecule has 1 atom stereocenters. The number of hydrogen-bond donors (Lipinski definition) is 0. The fourth-order valence-electron chi connectivity index (χ4n) is 4.72. The minimum Gasteiger partial charge on any atom is -0.448 e. The van der Waals surface area contributed by atoms with Gasteiger partial charge in [0.05, 0.1) is 12.6 Å². The molecule has 9 heteroatoms. The highest BCUT2D eigenvalue weighted by Crippen LogP contribution is 2.40. The van der Waals surface area contributed by atoms with Crippen LogP contribution >= 0.6 is 0 Å². The predicted molar refractivity (Wildman–Crippen MR) is 109 cm³/mol. The topological polar surface area (TPSA) is 65.5 Å². The summed E-state index contributed by atoms with van der Waals surface area (Å²) in [5.74, 6) is -0.584. The van der Waals surface area contributed by atoms with E-state index in [0.29, 0.717) is 26.2 Å². The van der Waals surface area contributed by atoms with Gasteiger partial charge in [0.1, 0.15) is 29.7 Å². The maximum atomic E-state index is 14.7. The van der Waals surface area contributed by atoms with Crippen molar-refractivity contribution in [1.82, 2.24) is 14.7 Å². The highest BCUT2D eigenvalue weighted by atomic mass is 19.1. The van der Waals surface area contributed by atoms with Crippen LogP contribution in [-0.2, 0) is 9.53 Å². The molecule has 1 unspecified atom stereocenters. The van der Waals surface area contributed by atoms with Crippen molar-refractivity contribution < 1.29 is 23.1 Å². The lowest BCUT2D eigenvalue weighted by atomic mass is 9.98. The van der Waals surface area contributed by atoms with E-state index in [1.165, 1.54) is 28.2 Å². The van der Waals surface area contributed by atoms with Gasteiger partial charge in [-0.3, -0.25) is 9.69 Å². The first-order chi connectivity index (χ1) is 15.0. The van der Waals surface area contributed by atoms with Gasteiger partial charge in [0.15, 0.2) is 0 Å². The smallest absolute Gasteiger partial charge is 0.410 e. The fraction of sp³-hybridized carbons (Fsp3) is 0.591. The minimum atomic E-state index is -0.907. The molecule has 3 heterocycles. The fourth-order valence-corrected chi connectivity index (χ4v) is 4.72. The molecule has 2 aliphatic carbocycles. The van der Waals surface area contributed by atoms with Crippen molar-refractivity contribution in [2.24, 2.45) is 10.9 Å². The molecule has 2 saturated heterocycles. The third-order valence-electron chi connectivity index (χ3n) is 6.69. The van der Waals surface area contributed by atoms with Gasteiger partial charge in [-0.2, -0.15) is 0 Å². The molecule has 0 aromatic heterocycles. The Balaban J connectivity index is 1.20. The number of amidine groups is 1. The summed E-state index contributed by atoms with van der Waals surface area (Å²) in [6.07, 6.45) is 6.86. The van der Waals surface area contributed by atoms with Crippen molar-refractivity contribution in [3.8, 4) is 0 Å². The Hall–Kier alpha value is -2.71. The molecule has 5 aliphatic rings. The number of halogens is 2. The second-order valence-electron chi connectivity index (χ2n) is 8.68. The zero-order valence-electron chi connectivity index (χ0n) is 17.4. The molecule has 5 rings (SSSR count). The quantitative estimate of drug-likeness (QED) is 0.688. The minimum absolute atomic E-state index is 0.204. The van der Waals surface area contributed by atoms with Gasteiger partial charge < -0.3 is 14.5 Å². The van der Waals surface area contributed by atoms with E-state index >= 15 is 0 Å². The van der Waals surface area contributed by atoms with E-state index in [4.69, 9.17) is 4.74 Å². The van der Waals surface area contributed by atoms with Crippen LogP contribution in [0.1, 0.15) is 32.1 Å². The summed E-state index contributed by atoms with van der Waals surface area (Å²) in [7, 11) is 0. The molecule has 0 aromatic carbocycles. The maximum absolute atomic E-state index is 14.7. The Kier molecular flexibility index (Phi) is 5.27. The van der Waals surface area contributed by atoms with E-state index in [0.717, 1.165) is 30.7 Å². The first-order valence-electron chi connectivity index (χ1n) is 11.0. The van der Waals surface area contributed by atoms with E-state index in [9.17, 15) is 18.4 Å². The number of aliphatic imine (C=N–C) groups is 1. The Morgan fingerprint density at radius 3 is 2.45 bits per heavy atom. The molecule has 31 heavy (non-hydrogen) atoms. The molecular formula is C22H26F2N4O3. The number of carbonyl (C=O) groups is 2. The van der Waals surface area contributed by atoms with Crippen LogP contribution < -0.4 is 0 Å². The van der Waals surface area contributed by atoms with Crippen LogP contribution in [-0.4, -0.2) is 77.9 Å². The molecule has 3 fully saturated rings. The second kappa shape index (κ2) is 8.09. The van der Waals surface area contributed by atoms with E-state index in [1.807, 2.05) is 6.20 Å². The van der Waals surface area contributed by atoms with Gasteiger partial charge in [-0.05, 0) is 36.8 Å². The highest BCUT2D eigenvalue weighted by molar-refractivity contribution is 5.98. The number of ether oxygens (including phenoxy) is 1. The van der Waals surface area contributed by atoms with Gasteiger partial charge in [0.2, 0.25) is 0 Å². The maximum Gasteiger partial charge on any atom is 0.410 e. The molecule has 1 saturated carbocycles. The zero-order chi connectivity index (χ0) is 21.5. The van der Waals surface area contributed by atoms with Crippen LogP contribution in [0, 0.1) is 5.92 Å². The monoisotopic (exact) mass is 432 g/mol. The molecule has 0 bridgehead atoms. The number of cyclic esters (lactones) is 1. The van der Waals surface area contributed by atoms with Gasteiger partial charge >= 0.3 is 6.09 Å². The first-order valence-corrected chi connectivity index (χ1v) is 11.0. The summed E-state index contributed by atoms with van der Waals surface area (Å²) in [5.41, 5.74) is 0.935. The Bertz CT molecular complexity index is 914. The molecule has 2 amide bonds. The van der Waals surface area contributed by atoms with Gasteiger partial charge in [0, 0.05) is 45.2 Å². The standard InChI is InChI=1S/C22H26F2N4O3/c23-17-11-16(28-9-10-31-22(28)30)12-18(24)20(17)21(29)27-7-5-26(6-8-27)19-4-3-15(13-25-19)14-1-2-14/h11,13-14,16H,1-10,12H2. The lowest BCUT2D eigenvalue weighted by Crippen LogP contribution is -2.51. The average molecular weight is 432 g/mol. The van der Waals surface area contributed by atoms with E-state index in [2.05, 4.69) is 9.89 Å². The normalized spacial score (nSPS) is 27.2. The van der Waals surface area contributed by atoms with Gasteiger partial charge in [-0.1, -0.05) is 0 Å². The lowest BCUT2D eigenvalue weighted by molar-refractivity contribution is -0.128. The summed E-state index contributed by atoms with van der Waals surface area (Å²) < 4.78 is 34.3. The third-order valence-corrected chi connectivity index (χ3v) is 6.69. The summed E-state index contributed by atoms with van der Waals surface area (Å²) >= 11 is 0. The van der Waals surface area contributed by atoms with Gasteiger partial charge in [-0.25, -0.2) is 18.6 Å². The average Bonchev–Trinajstić information content (AvgIpc) is 3.54. The molecule has 7 nitrogen and oxygen atoms in total. The number of allylic oxidation sites excluding steroid dienone is 1. The summed E-state index contributed by atoms with van der Waals surface area (Å²) in [4.78, 5) is 34.1. The summed E-state index contributed by atoms with van der Waals surface area (Å²) in [5, 5.41) is 0. The largest absolute Gasteiger partial charge is 0.448 e.